The van der Waals surface area contributed by atoms with Crippen LogP contribution in [0.15, 0.2) is 59.8 Å². The van der Waals surface area contributed by atoms with Gasteiger partial charge in [-0.15, -0.1) is 0 Å². The molecule has 8 nitrogen and oxygen atoms in total. The Morgan fingerprint density at radius 1 is 1.27 bits per heavy atom. The summed E-state index contributed by atoms with van der Waals surface area (Å²) in [6, 6.07) is 12.3. The first-order chi connectivity index (χ1) is 14.5. The maximum Gasteiger partial charge on any atom is 0.264 e. The predicted molar refractivity (Wildman–Crippen MR) is 116 cm³/mol. The van der Waals surface area contributed by atoms with Gasteiger partial charge in [0.2, 0.25) is 5.95 Å². The van der Waals surface area contributed by atoms with E-state index in [2.05, 4.69) is 20.3 Å². The smallest absolute Gasteiger partial charge is 0.264 e. The summed E-state index contributed by atoms with van der Waals surface area (Å²) in [5.41, 5.74) is 6.90. The van der Waals surface area contributed by atoms with Crippen molar-refractivity contribution in [1.29, 1.82) is 5.26 Å². The lowest BCUT2D eigenvalue weighted by Gasteiger charge is -2.21. The predicted octanol–water partition coefficient (Wildman–Crippen LogP) is 3.46. The molecule has 4 rings (SSSR count). The Labute approximate surface area is 176 Å². The van der Waals surface area contributed by atoms with Crippen LogP contribution in [0.4, 0.5) is 11.8 Å². The molecule has 0 aliphatic carbocycles. The lowest BCUT2D eigenvalue weighted by Crippen LogP contribution is -2.26. The molecule has 30 heavy (non-hydrogen) atoms. The first-order valence-corrected chi connectivity index (χ1v) is 9.41. The molecular weight excluding hydrogens is 402 g/mol. The lowest BCUT2D eigenvalue weighted by molar-refractivity contribution is 0.771. The van der Waals surface area contributed by atoms with Crippen LogP contribution in [0.5, 0.6) is 0 Å². The molecule has 1 atom stereocenters. The summed E-state index contributed by atoms with van der Waals surface area (Å²) in [6.45, 7) is 1.86. The van der Waals surface area contributed by atoms with Crippen molar-refractivity contribution in [1.82, 2.24) is 19.5 Å². The number of halogens is 1. The quantitative estimate of drug-likeness (QED) is 0.521. The molecule has 3 heterocycles. The fraction of sp³-hybridized carbons (Fsp3) is 0.0952. The number of nitriles is 1. The van der Waals surface area contributed by atoms with Crippen LogP contribution in [0, 0.1) is 11.3 Å². The molecule has 0 unspecified atom stereocenters. The van der Waals surface area contributed by atoms with Gasteiger partial charge in [0.25, 0.3) is 5.56 Å². The lowest BCUT2D eigenvalue weighted by atomic mass is 10.1. The Morgan fingerprint density at radius 3 is 2.83 bits per heavy atom. The summed E-state index contributed by atoms with van der Waals surface area (Å²) in [6.07, 6.45) is 4.59. The Balaban J connectivity index is 1.93. The van der Waals surface area contributed by atoms with Crippen LogP contribution in [-0.2, 0) is 0 Å². The number of benzene rings is 1. The highest BCUT2D eigenvalue weighted by molar-refractivity contribution is 6.35. The third kappa shape index (κ3) is 3.43. The second-order valence-electron chi connectivity index (χ2n) is 6.59. The molecule has 9 heteroatoms. The maximum absolute atomic E-state index is 13.4. The van der Waals surface area contributed by atoms with E-state index >= 15 is 0 Å². The van der Waals surface area contributed by atoms with Crippen molar-refractivity contribution in [3.05, 3.63) is 81.6 Å². The maximum atomic E-state index is 13.4. The molecule has 0 bridgehead atoms. The highest BCUT2D eigenvalue weighted by Crippen LogP contribution is 2.27. The van der Waals surface area contributed by atoms with Crippen molar-refractivity contribution in [2.45, 2.75) is 13.0 Å². The van der Waals surface area contributed by atoms with Crippen LogP contribution in [0.3, 0.4) is 0 Å². The number of anilines is 2. The van der Waals surface area contributed by atoms with Crippen LogP contribution in [0.1, 0.15) is 24.2 Å². The van der Waals surface area contributed by atoms with E-state index in [9.17, 15) is 10.1 Å². The third-order valence-corrected chi connectivity index (χ3v) is 4.97. The number of nitrogens with two attached hydrogens (primary N) is 1. The van der Waals surface area contributed by atoms with E-state index in [1.165, 1.54) is 6.20 Å². The minimum absolute atomic E-state index is 0.0404. The van der Waals surface area contributed by atoms with Crippen molar-refractivity contribution < 1.29 is 0 Å². The Morgan fingerprint density at radius 2 is 2.10 bits per heavy atom. The first kappa shape index (κ1) is 19.4. The Kier molecular flexibility index (Phi) is 5.04. The number of fused-ring (bicyclic) bond motifs is 1. The molecule has 3 N–H and O–H groups in total. The van der Waals surface area contributed by atoms with E-state index < -0.39 is 6.04 Å². The number of nitrogens with one attached hydrogen (secondary N) is 1. The van der Waals surface area contributed by atoms with Gasteiger partial charge in [-0.3, -0.25) is 14.3 Å². The minimum atomic E-state index is -0.414. The zero-order valence-electron chi connectivity index (χ0n) is 15.9. The molecule has 3 aromatic heterocycles. The minimum Gasteiger partial charge on any atom is -0.368 e. The Hall–Kier alpha value is -3.96. The zero-order valence-corrected chi connectivity index (χ0v) is 16.6. The van der Waals surface area contributed by atoms with Gasteiger partial charge in [0.05, 0.1) is 34.5 Å². The average molecular weight is 418 g/mol. The highest BCUT2D eigenvalue weighted by Gasteiger charge is 2.19. The van der Waals surface area contributed by atoms with E-state index in [4.69, 9.17) is 17.3 Å². The number of nitrogens with zero attached hydrogens (tertiary/aromatic N) is 5. The van der Waals surface area contributed by atoms with Gasteiger partial charge in [0.1, 0.15) is 17.5 Å². The summed E-state index contributed by atoms with van der Waals surface area (Å²) in [4.78, 5) is 25.5. The second kappa shape index (κ2) is 7.81. The van der Waals surface area contributed by atoms with Gasteiger partial charge in [-0.2, -0.15) is 10.2 Å². The van der Waals surface area contributed by atoms with Gasteiger partial charge >= 0.3 is 0 Å². The van der Waals surface area contributed by atoms with Crippen LogP contribution < -0.4 is 16.6 Å². The standard InChI is InChI=1S/C21H16ClN7O/c1-12(27-19-14(9-23)10-26-21(24)28-19)17-8-13-4-2-6-16(22)18(13)20(30)29(17)15-5-3-7-25-11-15/h2-8,10-12H,1H3,(H3,24,26,27,28)/t12-/m0/s1. The van der Waals surface area contributed by atoms with Crippen molar-refractivity contribution in [2.75, 3.05) is 11.1 Å². The summed E-state index contributed by atoms with van der Waals surface area (Å²) >= 11 is 6.33. The van der Waals surface area contributed by atoms with E-state index in [0.717, 1.165) is 0 Å². The second-order valence-corrected chi connectivity index (χ2v) is 7.00. The Bertz CT molecular complexity index is 1350. The molecule has 1 aromatic carbocycles. The zero-order chi connectivity index (χ0) is 21.3. The van der Waals surface area contributed by atoms with Crippen LogP contribution in [-0.4, -0.2) is 19.5 Å². The summed E-state index contributed by atoms with van der Waals surface area (Å²) in [5.74, 6) is 0.326. The molecule has 0 spiro atoms. The fourth-order valence-corrected chi connectivity index (χ4v) is 3.54. The van der Waals surface area contributed by atoms with Crippen molar-refractivity contribution >= 4 is 34.1 Å². The average Bonchev–Trinajstić information content (AvgIpc) is 2.74. The van der Waals surface area contributed by atoms with Gasteiger partial charge in [-0.05, 0) is 36.6 Å². The molecule has 0 saturated heterocycles. The molecule has 0 saturated carbocycles. The molecule has 0 radical (unpaired) electrons. The van der Waals surface area contributed by atoms with Crippen LogP contribution in [0.2, 0.25) is 5.02 Å². The molecule has 4 aromatic rings. The number of rotatable bonds is 4. The number of hydrogen-bond acceptors (Lipinski definition) is 7. The van der Waals surface area contributed by atoms with Crippen molar-refractivity contribution in [3.63, 3.8) is 0 Å². The summed E-state index contributed by atoms with van der Waals surface area (Å²) in [7, 11) is 0. The molecule has 0 aliphatic rings. The largest absolute Gasteiger partial charge is 0.368 e. The van der Waals surface area contributed by atoms with Crippen molar-refractivity contribution in [3.8, 4) is 11.8 Å². The van der Waals surface area contributed by atoms with Crippen LogP contribution >= 0.6 is 11.6 Å². The molecule has 0 amide bonds. The number of nitrogen functional groups attached to an aromatic ring is 1. The van der Waals surface area contributed by atoms with E-state index in [0.29, 0.717) is 27.2 Å². The highest BCUT2D eigenvalue weighted by atomic mass is 35.5. The molecule has 0 aliphatic heterocycles. The first-order valence-electron chi connectivity index (χ1n) is 9.03. The number of aromatic nitrogens is 4. The van der Waals surface area contributed by atoms with Crippen molar-refractivity contribution in [2.24, 2.45) is 0 Å². The summed E-state index contributed by atoms with van der Waals surface area (Å²) in [5, 5.41) is 14.0. The van der Waals surface area contributed by atoms with Gasteiger partial charge < -0.3 is 11.1 Å². The third-order valence-electron chi connectivity index (χ3n) is 4.65. The van der Waals surface area contributed by atoms with Gasteiger partial charge in [-0.1, -0.05) is 23.7 Å². The monoisotopic (exact) mass is 417 g/mol. The van der Waals surface area contributed by atoms with E-state index in [1.54, 1.807) is 41.2 Å². The normalized spacial score (nSPS) is 11.8. The van der Waals surface area contributed by atoms with E-state index in [-0.39, 0.29) is 22.9 Å². The van der Waals surface area contributed by atoms with Gasteiger partial charge in [0.15, 0.2) is 0 Å². The molecule has 148 valence electrons. The number of pyridine rings is 2. The molecule has 0 fully saturated rings. The topological polar surface area (TPSA) is 123 Å². The van der Waals surface area contributed by atoms with E-state index in [1.807, 2.05) is 25.1 Å². The summed E-state index contributed by atoms with van der Waals surface area (Å²) < 4.78 is 1.55. The van der Waals surface area contributed by atoms with Gasteiger partial charge in [-0.25, -0.2) is 4.98 Å². The fourth-order valence-electron chi connectivity index (χ4n) is 3.28. The van der Waals surface area contributed by atoms with Crippen LogP contribution in [0.25, 0.3) is 16.5 Å². The SMILES string of the molecule is C[C@H](Nc1nc(N)ncc1C#N)c1cc2cccc(Cl)c2c(=O)n1-c1cccnc1. The number of hydrogen-bond donors (Lipinski definition) is 2. The van der Waals surface area contributed by atoms with Gasteiger partial charge in [0, 0.05) is 11.9 Å². The molecular formula is C21H16ClN7O.